The van der Waals surface area contributed by atoms with Crippen LogP contribution < -0.4 is 4.98 Å². The molecule has 0 aromatic carbocycles. The van der Waals surface area contributed by atoms with E-state index in [2.05, 4.69) is 43.7 Å². The van der Waals surface area contributed by atoms with Gasteiger partial charge in [-0.1, -0.05) is 90.1 Å². The lowest BCUT2D eigenvalue weighted by molar-refractivity contribution is -0.119. The molecule has 0 rings (SSSR count). The van der Waals surface area contributed by atoms with E-state index >= 15 is 0 Å². The maximum atomic E-state index is 11.7. The molecule has 0 unspecified atom stereocenters. The molecule has 2 nitrogen and oxygen atoms in total. The predicted octanol–water partition coefficient (Wildman–Crippen LogP) is 6.98. The summed E-state index contributed by atoms with van der Waals surface area (Å²) < 4.78 is 0. The lowest BCUT2D eigenvalue weighted by Gasteiger charge is -2.17. The summed E-state index contributed by atoms with van der Waals surface area (Å²) in [5.74, 6) is 0.256. The lowest BCUT2D eigenvalue weighted by Crippen LogP contribution is -2.45. The van der Waals surface area contributed by atoms with E-state index in [0.29, 0.717) is 6.42 Å². The van der Waals surface area contributed by atoms with Crippen molar-refractivity contribution in [1.82, 2.24) is 4.98 Å². The number of carbonyl (C=O) groups excluding carboxylic acids is 1. The van der Waals surface area contributed by atoms with Crippen LogP contribution in [-0.2, 0) is 4.79 Å². The van der Waals surface area contributed by atoms with Gasteiger partial charge in [-0.2, -0.15) is 0 Å². The Hall–Kier alpha value is -0.573. The van der Waals surface area contributed by atoms with Crippen LogP contribution in [-0.4, -0.2) is 14.1 Å². The summed E-state index contributed by atoms with van der Waals surface area (Å²) in [5, 5.41) is 0. The molecule has 0 spiro atoms. The second kappa shape index (κ2) is 15.9. The number of rotatable bonds is 16. The van der Waals surface area contributed by atoms with Gasteiger partial charge in [-0.3, -0.25) is 4.79 Å². The first kappa shape index (κ1) is 23.4. The minimum atomic E-state index is -1.44. The third kappa shape index (κ3) is 19.5. The molecule has 3 heteroatoms. The van der Waals surface area contributed by atoms with E-state index in [1.165, 1.54) is 77.0 Å². The van der Waals surface area contributed by atoms with Crippen molar-refractivity contribution in [2.45, 2.75) is 116 Å². The highest BCUT2D eigenvalue weighted by Crippen LogP contribution is 2.10. The van der Waals surface area contributed by atoms with Crippen molar-refractivity contribution in [3.05, 3.63) is 12.2 Å². The molecule has 142 valence electrons. The maximum absolute atomic E-state index is 11.7. The molecule has 0 aliphatic carbocycles. The molecule has 0 saturated heterocycles. The highest BCUT2D eigenvalue weighted by molar-refractivity contribution is 6.75. The van der Waals surface area contributed by atoms with Crippen LogP contribution in [0.2, 0.25) is 19.6 Å². The fourth-order valence-corrected chi connectivity index (χ4v) is 3.80. The second-order valence-electron chi connectivity index (χ2n) is 8.13. The molecule has 0 aliphatic heterocycles. The van der Waals surface area contributed by atoms with Crippen LogP contribution in [0.25, 0.3) is 0 Å². The summed E-state index contributed by atoms with van der Waals surface area (Å²) in [6.45, 7) is 8.79. The monoisotopic (exact) mass is 353 g/mol. The summed E-state index contributed by atoms with van der Waals surface area (Å²) in [4.78, 5) is 14.9. The Labute approximate surface area is 153 Å². The van der Waals surface area contributed by atoms with E-state index in [1.54, 1.807) is 0 Å². The zero-order chi connectivity index (χ0) is 18.1. The van der Waals surface area contributed by atoms with Gasteiger partial charge in [0.2, 0.25) is 5.91 Å². The first-order valence-electron chi connectivity index (χ1n) is 10.4. The number of allylic oxidation sites excluding steroid dienone is 2. The summed E-state index contributed by atoms with van der Waals surface area (Å²) in [6, 6.07) is 0. The molecule has 0 fully saturated rings. The minimum absolute atomic E-state index is 0.256. The maximum Gasteiger partial charge on any atom is 0.212 e. The first-order valence-corrected chi connectivity index (χ1v) is 13.9. The Morgan fingerprint density at radius 1 is 0.750 bits per heavy atom. The van der Waals surface area contributed by atoms with E-state index < -0.39 is 8.24 Å². The van der Waals surface area contributed by atoms with E-state index in [9.17, 15) is 4.79 Å². The third-order valence-corrected chi connectivity index (χ3v) is 5.21. The van der Waals surface area contributed by atoms with Gasteiger partial charge >= 0.3 is 0 Å². The Kier molecular flexibility index (Phi) is 15.5. The van der Waals surface area contributed by atoms with Crippen LogP contribution in [0, 0.1) is 0 Å². The standard InChI is InChI=1S/C21H43NOSi/c1-5-6-7-8-9-10-11-12-13-14-15-16-17-18-19-20-21(23)22-24(2,3)4/h12-13H,5-11,14-20H2,1-4H3,(H,22,23)/b13-12-. The smallest absolute Gasteiger partial charge is 0.212 e. The molecule has 1 amide bonds. The fourth-order valence-electron chi connectivity index (χ4n) is 2.84. The molecule has 0 aromatic heterocycles. The van der Waals surface area contributed by atoms with Crippen molar-refractivity contribution < 1.29 is 4.79 Å². The first-order chi connectivity index (χ1) is 11.5. The molecule has 0 aliphatic rings. The molecule has 0 aromatic rings. The van der Waals surface area contributed by atoms with Crippen LogP contribution in [0.1, 0.15) is 96.8 Å². The van der Waals surface area contributed by atoms with Crippen LogP contribution in [0.3, 0.4) is 0 Å². The Bertz CT molecular complexity index is 320. The summed E-state index contributed by atoms with van der Waals surface area (Å²) in [6.07, 6.45) is 22.4. The molecule has 0 radical (unpaired) electrons. The second-order valence-corrected chi connectivity index (χ2v) is 12.9. The number of unbranched alkanes of at least 4 members (excludes halogenated alkanes) is 11. The van der Waals surface area contributed by atoms with Crippen molar-refractivity contribution in [1.29, 1.82) is 0 Å². The molecule has 1 N–H and O–H groups in total. The van der Waals surface area contributed by atoms with E-state index in [0.717, 1.165) is 6.42 Å². The number of hydrogen-bond donors (Lipinski definition) is 1. The predicted molar refractivity (Wildman–Crippen MR) is 111 cm³/mol. The summed E-state index contributed by atoms with van der Waals surface area (Å²) in [7, 11) is -1.44. The van der Waals surface area contributed by atoms with Gasteiger partial charge < -0.3 is 4.98 Å². The van der Waals surface area contributed by atoms with Crippen molar-refractivity contribution in [3.63, 3.8) is 0 Å². The topological polar surface area (TPSA) is 29.1 Å². The quantitative estimate of drug-likeness (QED) is 0.181. The van der Waals surface area contributed by atoms with Crippen LogP contribution in [0.15, 0.2) is 12.2 Å². The van der Waals surface area contributed by atoms with Crippen LogP contribution >= 0.6 is 0 Å². The van der Waals surface area contributed by atoms with Gasteiger partial charge in [0.05, 0.1) is 0 Å². The largest absolute Gasteiger partial charge is 0.382 e. The Morgan fingerprint density at radius 2 is 1.21 bits per heavy atom. The highest BCUT2D eigenvalue weighted by atomic mass is 28.3. The molecule has 24 heavy (non-hydrogen) atoms. The molecule has 0 atom stereocenters. The molecule has 0 heterocycles. The van der Waals surface area contributed by atoms with E-state index in [-0.39, 0.29) is 5.91 Å². The van der Waals surface area contributed by atoms with Gasteiger partial charge in [0.25, 0.3) is 0 Å². The van der Waals surface area contributed by atoms with Gasteiger partial charge in [-0.25, -0.2) is 0 Å². The van der Waals surface area contributed by atoms with Gasteiger partial charge in [0, 0.05) is 6.42 Å². The molecule has 0 saturated carbocycles. The average molecular weight is 354 g/mol. The zero-order valence-electron chi connectivity index (χ0n) is 17.0. The molecular formula is C21H43NOSi. The number of nitrogens with one attached hydrogen (secondary N) is 1. The normalized spacial score (nSPS) is 12.0. The van der Waals surface area contributed by atoms with Crippen molar-refractivity contribution in [2.24, 2.45) is 0 Å². The van der Waals surface area contributed by atoms with Crippen molar-refractivity contribution in [3.8, 4) is 0 Å². The number of amides is 1. The third-order valence-electron chi connectivity index (χ3n) is 4.18. The Morgan fingerprint density at radius 3 is 1.71 bits per heavy atom. The zero-order valence-corrected chi connectivity index (χ0v) is 18.0. The number of carbonyl (C=O) groups is 1. The lowest BCUT2D eigenvalue weighted by atomic mass is 10.1. The van der Waals surface area contributed by atoms with Gasteiger partial charge in [-0.05, 0) is 32.1 Å². The van der Waals surface area contributed by atoms with Gasteiger partial charge in [0.1, 0.15) is 8.24 Å². The average Bonchev–Trinajstić information content (AvgIpc) is 2.49. The minimum Gasteiger partial charge on any atom is -0.382 e. The molecular weight excluding hydrogens is 310 g/mol. The van der Waals surface area contributed by atoms with Crippen LogP contribution in [0.4, 0.5) is 0 Å². The highest BCUT2D eigenvalue weighted by Gasteiger charge is 2.15. The van der Waals surface area contributed by atoms with Crippen molar-refractivity contribution >= 4 is 14.1 Å². The Balaban J connectivity index is 3.25. The van der Waals surface area contributed by atoms with Crippen LogP contribution in [0.5, 0.6) is 0 Å². The number of hydrogen-bond acceptors (Lipinski definition) is 1. The summed E-state index contributed by atoms with van der Waals surface area (Å²) in [5.41, 5.74) is 0. The fraction of sp³-hybridized carbons (Fsp3) is 0.857. The molecule has 0 bridgehead atoms. The summed E-state index contributed by atoms with van der Waals surface area (Å²) >= 11 is 0. The SMILES string of the molecule is CCCCCCCC/C=C\CCCCCCCC(=O)N[Si](C)(C)C. The van der Waals surface area contributed by atoms with Crippen molar-refractivity contribution in [2.75, 3.05) is 0 Å². The van der Waals surface area contributed by atoms with E-state index in [1.807, 2.05) is 0 Å². The van der Waals surface area contributed by atoms with E-state index in [4.69, 9.17) is 0 Å². The van der Waals surface area contributed by atoms with Gasteiger partial charge in [0.15, 0.2) is 0 Å². The van der Waals surface area contributed by atoms with Gasteiger partial charge in [-0.15, -0.1) is 0 Å².